The van der Waals surface area contributed by atoms with Gasteiger partial charge >= 0.3 is 0 Å². The van der Waals surface area contributed by atoms with Crippen LogP contribution in [0.3, 0.4) is 0 Å². The Labute approximate surface area is 86.1 Å². The summed E-state index contributed by atoms with van der Waals surface area (Å²) in [5.41, 5.74) is 7.08. The van der Waals surface area contributed by atoms with E-state index in [1.165, 1.54) is 0 Å². The van der Waals surface area contributed by atoms with Crippen LogP contribution in [0.4, 0.5) is 5.69 Å². The molecule has 1 rings (SSSR count). The Kier molecular flexibility index (Phi) is 3.71. The molecular weight excluding hydrogens is 232 g/mol. The zero-order valence-electron chi connectivity index (χ0n) is 7.42. The highest BCUT2D eigenvalue weighted by atomic mass is 79.9. The number of anilines is 1. The van der Waals surface area contributed by atoms with Crippen molar-refractivity contribution in [3.05, 3.63) is 28.2 Å². The fraction of sp³-hybridized carbons (Fsp3) is 0.333. The number of nitrogens with one attached hydrogen (secondary N) is 1. The van der Waals surface area contributed by atoms with Gasteiger partial charge in [-0.1, -0.05) is 15.9 Å². The molecule has 0 bridgehead atoms. The van der Waals surface area contributed by atoms with Crippen molar-refractivity contribution in [3.8, 4) is 0 Å². The van der Waals surface area contributed by atoms with E-state index < -0.39 is 6.10 Å². The van der Waals surface area contributed by atoms with Crippen LogP contribution < -0.4 is 11.1 Å². The topological polar surface area (TPSA) is 58.3 Å². The molecule has 0 heterocycles. The van der Waals surface area contributed by atoms with Crippen molar-refractivity contribution in [2.24, 2.45) is 0 Å². The first-order valence-corrected chi connectivity index (χ1v) is 4.82. The lowest BCUT2D eigenvalue weighted by atomic mass is 10.1. The SMILES string of the molecule is CNCC(O)c1cc(Br)ccc1N. The average Bonchev–Trinajstić information content (AvgIpc) is 2.09. The van der Waals surface area contributed by atoms with Gasteiger partial charge in [0.1, 0.15) is 0 Å². The highest BCUT2D eigenvalue weighted by Crippen LogP contribution is 2.23. The van der Waals surface area contributed by atoms with Crippen molar-refractivity contribution in [2.75, 3.05) is 19.3 Å². The van der Waals surface area contributed by atoms with Crippen molar-refractivity contribution < 1.29 is 5.11 Å². The first-order valence-electron chi connectivity index (χ1n) is 4.02. The summed E-state index contributed by atoms with van der Waals surface area (Å²) in [6.45, 7) is 0.501. The molecule has 0 aliphatic heterocycles. The molecule has 0 aliphatic carbocycles. The zero-order chi connectivity index (χ0) is 9.84. The lowest BCUT2D eigenvalue weighted by Gasteiger charge is -2.12. The predicted octanol–water partition coefficient (Wildman–Crippen LogP) is 1.28. The molecule has 1 unspecified atom stereocenters. The first-order chi connectivity index (χ1) is 6.15. The van der Waals surface area contributed by atoms with Crippen LogP contribution in [0.25, 0.3) is 0 Å². The number of nitrogens with two attached hydrogens (primary N) is 1. The maximum Gasteiger partial charge on any atom is 0.0934 e. The summed E-state index contributed by atoms with van der Waals surface area (Å²) in [6, 6.07) is 5.46. The molecule has 1 aromatic carbocycles. The fourth-order valence-electron chi connectivity index (χ4n) is 1.14. The number of likely N-dealkylation sites (N-methyl/N-ethyl adjacent to an activating group) is 1. The third-order valence-electron chi connectivity index (χ3n) is 1.81. The Balaban J connectivity index is 2.91. The van der Waals surface area contributed by atoms with Gasteiger partial charge < -0.3 is 16.2 Å². The van der Waals surface area contributed by atoms with Gasteiger partial charge in [-0.2, -0.15) is 0 Å². The van der Waals surface area contributed by atoms with Gasteiger partial charge in [-0.15, -0.1) is 0 Å². The van der Waals surface area contributed by atoms with Crippen LogP contribution in [0, 0.1) is 0 Å². The van der Waals surface area contributed by atoms with E-state index in [1.54, 1.807) is 13.1 Å². The number of rotatable bonds is 3. The Morgan fingerprint density at radius 1 is 1.62 bits per heavy atom. The van der Waals surface area contributed by atoms with Crippen LogP contribution >= 0.6 is 15.9 Å². The molecule has 4 heteroatoms. The van der Waals surface area contributed by atoms with Crippen molar-refractivity contribution in [2.45, 2.75) is 6.10 Å². The second-order valence-electron chi connectivity index (χ2n) is 2.85. The van der Waals surface area contributed by atoms with Crippen molar-refractivity contribution >= 4 is 21.6 Å². The van der Waals surface area contributed by atoms with E-state index in [1.807, 2.05) is 12.1 Å². The predicted molar refractivity (Wildman–Crippen MR) is 57.4 cm³/mol. The molecule has 0 amide bonds. The van der Waals surface area contributed by atoms with Gasteiger partial charge in [0.25, 0.3) is 0 Å². The quantitative estimate of drug-likeness (QED) is 0.703. The van der Waals surface area contributed by atoms with Crippen molar-refractivity contribution in [1.82, 2.24) is 5.32 Å². The molecule has 0 radical (unpaired) electrons. The summed E-state index contributed by atoms with van der Waals surface area (Å²) in [5.74, 6) is 0. The summed E-state index contributed by atoms with van der Waals surface area (Å²) >= 11 is 3.33. The molecule has 1 aromatic rings. The number of halogens is 1. The molecule has 0 fully saturated rings. The van der Waals surface area contributed by atoms with E-state index in [2.05, 4.69) is 21.2 Å². The molecule has 0 saturated heterocycles. The fourth-order valence-corrected chi connectivity index (χ4v) is 1.52. The minimum atomic E-state index is -0.553. The van der Waals surface area contributed by atoms with E-state index in [-0.39, 0.29) is 0 Å². The Hall–Kier alpha value is -0.580. The van der Waals surface area contributed by atoms with E-state index in [0.717, 1.165) is 10.0 Å². The summed E-state index contributed by atoms with van der Waals surface area (Å²) in [4.78, 5) is 0. The van der Waals surface area contributed by atoms with Crippen LogP contribution in [0.15, 0.2) is 22.7 Å². The number of hydrogen-bond acceptors (Lipinski definition) is 3. The Bertz CT molecular complexity index is 291. The molecule has 13 heavy (non-hydrogen) atoms. The highest BCUT2D eigenvalue weighted by Gasteiger charge is 2.09. The van der Waals surface area contributed by atoms with Crippen LogP contribution in [0.5, 0.6) is 0 Å². The van der Waals surface area contributed by atoms with Crippen LogP contribution in [0.1, 0.15) is 11.7 Å². The minimum Gasteiger partial charge on any atom is -0.398 e. The third kappa shape index (κ3) is 2.69. The number of hydrogen-bond donors (Lipinski definition) is 3. The maximum absolute atomic E-state index is 9.66. The van der Waals surface area contributed by atoms with Crippen LogP contribution in [-0.4, -0.2) is 18.7 Å². The largest absolute Gasteiger partial charge is 0.398 e. The van der Waals surface area contributed by atoms with E-state index in [4.69, 9.17) is 5.73 Å². The molecule has 0 spiro atoms. The molecule has 4 N–H and O–H groups in total. The van der Waals surface area contributed by atoms with Gasteiger partial charge in [0, 0.05) is 22.3 Å². The van der Waals surface area contributed by atoms with Gasteiger partial charge in [0.05, 0.1) is 6.10 Å². The summed E-state index contributed by atoms with van der Waals surface area (Å²) in [7, 11) is 1.79. The molecule has 0 saturated carbocycles. The monoisotopic (exact) mass is 244 g/mol. The smallest absolute Gasteiger partial charge is 0.0934 e. The van der Waals surface area contributed by atoms with Gasteiger partial charge in [0.15, 0.2) is 0 Å². The molecular formula is C9H13BrN2O. The van der Waals surface area contributed by atoms with E-state index in [9.17, 15) is 5.11 Å². The standard InChI is InChI=1S/C9H13BrN2O/c1-12-5-9(13)7-4-6(10)2-3-8(7)11/h2-4,9,12-13H,5,11H2,1H3. The molecule has 3 nitrogen and oxygen atoms in total. The van der Waals surface area contributed by atoms with E-state index >= 15 is 0 Å². The van der Waals surface area contributed by atoms with Gasteiger partial charge in [-0.05, 0) is 25.2 Å². The average molecular weight is 245 g/mol. The minimum absolute atomic E-state index is 0.501. The number of aliphatic hydroxyl groups is 1. The summed E-state index contributed by atoms with van der Waals surface area (Å²) < 4.78 is 0.923. The molecule has 1 atom stereocenters. The molecule has 0 aromatic heterocycles. The Morgan fingerprint density at radius 3 is 2.92 bits per heavy atom. The van der Waals surface area contributed by atoms with Crippen LogP contribution in [-0.2, 0) is 0 Å². The molecule has 0 aliphatic rings. The lowest BCUT2D eigenvalue weighted by Crippen LogP contribution is -2.17. The van der Waals surface area contributed by atoms with Gasteiger partial charge in [-0.25, -0.2) is 0 Å². The normalized spacial score (nSPS) is 12.8. The van der Waals surface area contributed by atoms with Gasteiger partial charge in [0.2, 0.25) is 0 Å². The van der Waals surface area contributed by atoms with E-state index in [0.29, 0.717) is 12.2 Å². The summed E-state index contributed by atoms with van der Waals surface area (Å²) in [6.07, 6.45) is -0.553. The van der Waals surface area contributed by atoms with Crippen LogP contribution in [0.2, 0.25) is 0 Å². The van der Waals surface area contributed by atoms with Crippen molar-refractivity contribution in [1.29, 1.82) is 0 Å². The van der Waals surface area contributed by atoms with Crippen molar-refractivity contribution in [3.63, 3.8) is 0 Å². The first kappa shape index (κ1) is 10.5. The zero-order valence-corrected chi connectivity index (χ0v) is 9.01. The summed E-state index contributed by atoms with van der Waals surface area (Å²) in [5, 5.41) is 12.6. The molecule has 72 valence electrons. The Morgan fingerprint density at radius 2 is 2.31 bits per heavy atom. The lowest BCUT2D eigenvalue weighted by molar-refractivity contribution is 0.178. The number of benzene rings is 1. The van der Waals surface area contributed by atoms with Gasteiger partial charge in [-0.3, -0.25) is 0 Å². The number of nitrogen functional groups attached to an aromatic ring is 1. The second kappa shape index (κ2) is 4.60. The second-order valence-corrected chi connectivity index (χ2v) is 3.76. The number of aliphatic hydroxyl groups excluding tert-OH is 1. The highest BCUT2D eigenvalue weighted by molar-refractivity contribution is 9.10. The maximum atomic E-state index is 9.66. The third-order valence-corrected chi connectivity index (χ3v) is 2.30.